The molecule has 90 valence electrons. The lowest BCUT2D eigenvalue weighted by atomic mass is 10.2. The SMILES string of the molecule is Oc1cccc(O)c1-c1nc2ccc(Br)cc2s1. The minimum absolute atomic E-state index is 0.0353. The van der Waals surface area contributed by atoms with Crippen LogP contribution < -0.4 is 0 Å². The van der Waals surface area contributed by atoms with Gasteiger partial charge in [0.15, 0.2) is 0 Å². The van der Waals surface area contributed by atoms with Gasteiger partial charge in [0.05, 0.1) is 15.8 Å². The summed E-state index contributed by atoms with van der Waals surface area (Å²) in [5.74, 6) is 0.0706. The lowest BCUT2D eigenvalue weighted by molar-refractivity contribution is 0.454. The number of hydrogen-bond donors (Lipinski definition) is 2. The highest BCUT2D eigenvalue weighted by molar-refractivity contribution is 9.10. The monoisotopic (exact) mass is 321 g/mol. The normalized spacial score (nSPS) is 10.9. The van der Waals surface area contributed by atoms with Crippen molar-refractivity contribution in [3.63, 3.8) is 0 Å². The van der Waals surface area contributed by atoms with Gasteiger partial charge in [0.2, 0.25) is 0 Å². The minimum atomic E-state index is 0.0353. The van der Waals surface area contributed by atoms with E-state index in [1.54, 1.807) is 6.07 Å². The van der Waals surface area contributed by atoms with Crippen LogP contribution in [0, 0.1) is 0 Å². The maximum Gasteiger partial charge on any atom is 0.132 e. The zero-order valence-electron chi connectivity index (χ0n) is 9.09. The van der Waals surface area contributed by atoms with Gasteiger partial charge in [-0.1, -0.05) is 22.0 Å². The van der Waals surface area contributed by atoms with Crippen molar-refractivity contribution in [1.29, 1.82) is 0 Å². The van der Waals surface area contributed by atoms with Gasteiger partial charge in [-0.3, -0.25) is 0 Å². The molecule has 0 atom stereocenters. The van der Waals surface area contributed by atoms with Gasteiger partial charge in [0.25, 0.3) is 0 Å². The number of nitrogens with zero attached hydrogens (tertiary/aromatic N) is 1. The summed E-state index contributed by atoms with van der Waals surface area (Å²) >= 11 is 4.84. The summed E-state index contributed by atoms with van der Waals surface area (Å²) in [5.41, 5.74) is 1.23. The fraction of sp³-hybridized carbons (Fsp3) is 0. The summed E-state index contributed by atoms with van der Waals surface area (Å²) in [6.45, 7) is 0. The molecule has 0 saturated heterocycles. The summed E-state index contributed by atoms with van der Waals surface area (Å²) in [5, 5.41) is 20.3. The van der Waals surface area contributed by atoms with E-state index in [0.29, 0.717) is 10.6 Å². The Kier molecular flexibility index (Phi) is 2.72. The van der Waals surface area contributed by atoms with Gasteiger partial charge in [-0.2, -0.15) is 0 Å². The molecule has 0 bridgehead atoms. The molecule has 3 aromatic rings. The Morgan fingerprint density at radius 3 is 2.50 bits per heavy atom. The third-order valence-corrected chi connectivity index (χ3v) is 4.11. The highest BCUT2D eigenvalue weighted by Gasteiger charge is 2.14. The molecular formula is C13H8BrNO2S. The molecule has 5 heteroatoms. The van der Waals surface area contributed by atoms with Gasteiger partial charge >= 0.3 is 0 Å². The third kappa shape index (κ3) is 1.85. The van der Waals surface area contributed by atoms with E-state index < -0.39 is 0 Å². The maximum atomic E-state index is 9.82. The van der Waals surface area contributed by atoms with Gasteiger partial charge in [0, 0.05) is 4.47 Å². The average Bonchev–Trinajstić information content (AvgIpc) is 2.71. The van der Waals surface area contributed by atoms with Crippen LogP contribution in [0.15, 0.2) is 40.9 Å². The largest absolute Gasteiger partial charge is 0.507 e. The van der Waals surface area contributed by atoms with Crippen molar-refractivity contribution >= 4 is 37.5 Å². The van der Waals surface area contributed by atoms with E-state index in [1.165, 1.54) is 23.5 Å². The van der Waals surface area contributed by atoms with Crippen LogP contribution in [0.4, 0.5) is 0 Å². The van der Waals surface area contributed by atoms with Gasteiger partial charge < -0.3 is 10.2 Å². The predicted molar refractivity (Wildman–Crippen MR) is 76.1 cm³/mol. The molecule has 18 heavy (non-hydrogen) atoms. The molecule has 2 aromatic carbocycles. The number of thiazole rings is 1. The third-order valence-electron chi connectivity index (χ3n) is 2.58. The first-order valence-electron chi connectivity index (χ1n) is 5.22. The van der Waals surface area contributed by atoms with Crippen molar-refractivity contribution in [2.24, 2.45) is 0 Å². The molecule has 0 saturated carbocycles. The highest BCUT2D eigenvalue weighted by Crippen LogP contribution is 2.40. The molecule has 0 amide bonds. The molecule has 0 spiro atoms. The van der Waals surface area contributed by atoms with Crippen LogP contribution in [0.5, 0.6) is 11.5 Å². The molecule has 2 N–H and O–H groups in total. The fourth-order valence-corrected chi connectivity index (χ4v) is 3.33. The number of phenolic OH excluding ortho intramolecular Hbond substituents is 2. The quantitative estimate of drug-likeness (QED) is 0.708. The summed E-state index contributed by atoms with van der Waals surface area (Å²) in [6, 6.07) is 10.5. The summed E-state index contributed by atoms with van der Waals surface area (Å²) < 4.78 is 1.98. The summed E-state index contributed by atoms with van der Waals surface area (Å²) in [6.07, 6.45) is 0. The fourth-order valence-electron chi connectivity index (χ4n) is 1.75. The Labute approximate surface area is 115 Å². The molecule has 0 fully saturated rings. The van der Waals surface area contributed by atoms with Crippen LogP contribution in [0.1, 0.15) is 0 Å². The van der Waals surface area contributed by atoms with Crippen LogP contribution in [0.3, 0.4) is 0 Å². The van der Waals surface area contributed by atoms with E-state index in [-0.39, 0.29) is 11.5 Å². The smallest absolute Gasteiger partial charge is 0.132 e. The first-order chi connectivity index (χ1) is 8.65. The first-order valence-corrected chi connectivity index (χ1v) is 6.83. The number of benzene rings is 2. The molecule has 3 rings (SSSR count). The average molecular weight is 322 g/mol. The number of aromatic nitrogens is 1. The molecule has 1 aromatic heterocycles. The number of rotatable bonds is 1. The van der Waals surface area contributed by atoms with Gasteiger partial charge in [-0.25, -0.2) is 4.98 Å². The first kappa shape index (κ1) is 11.5. The van der Waals surface area contributed by atoms with E-state index in [9.17, 15) is 10.2 Å². The number of fused-ring (bicyclic) bond motifs is 1. The molecule has 0 aliphatic heterocycles. The molecule has 0 unspecified atom stereocenters. The van der Waals surface area contributed by atoms with Crippen LogP contribution in [-0.2, 0) is 0 Å². The Morgan fingerprint density at radius 1 is 1.06 bits per heavy atom. The van der Waals surface area contributed by atoms with E-state index in [2.05, 4.69) is 20.9 Å². The maximum absolute atomic E-state index is 9.82. The minimum Gasteiger partial charge on any atom is -0.507 e. The Balaban J connectivity index is 2.26. The summed E-state index contributed by atoms with van der Waals surface area (Å²) in [4.78, 5) is 4.42. The Hall–Kier alpha value is -1.59. The van der Waals surface area contributed by atoms with E-state index >= 15 is 0 Å². The number of phenols is 2. The van der Waals surface area contributed by atoms with E-state index in [1.807, 2.05) is 18.2 Å². The lowest BCUT2D eigenvalue weighted by Crippen LogP contribution is -1.78. The van der Waals surface area contributed by atoms with Crippen molar-refractivity contribution in [1.82, 2.24) is 4.98 Å². The molecule has 3 nitrogen and oxygen atoms in total. The highest BCUT2D eigenvalue weighted by atomic mass is 79.9. The lowest BCUT2D eigenvalue weighted by Gasteiger charge is -2.02. The number of halogens is 1. The van der Waals surface area contributed by atoms with E-state index in [0.717, 1.165) is 14.7 Å². The number of aromatic hydroxyl groups is 2. The van der Waals surface area contributed by atoms with Crippen LogP contribution in [-0.4, -0.2) is 15.2 Å². The van der Waals surface area contributed by atoms with Crippen LogP contribution in [0.25, 0.3) is 20.8 Å². The standard InChI is InChI=1S/C13H8BrNO2S/c14-7-4-5-8-11(6-7)18-13(15-8)12-9(16)2-1-3-10(12)17/h1-6,16-17H. The van der Waals surface area contributed by atoms with Crippen LogP contribution >= 0.6 is 27.3 Å². The zero-order chi connectivity index (χ0) is 12.7. The molecule has 0 aliphatic carbocycles. The Morgan fingerprint density at radius 2 is 1.78 bits per heavy atom. The van der Waals surface area contributed by atoms with Crippen molar-refractivity contribution < 1.29 is 10.2 Å². The number of hydrogen-bond acceptors (Lipinski definition) is 4. The second kappa shape index (κ2) is 4.26. The molecule has 0 aliphatic rings. The Bertz CT molecular complexity index is 719. The van der Waals surface area contributed by atoms with Gasteiger partial charge in [-0.15, -0.1) is 11.3 Å². The molecular weight excluding hydrogens is 314 g/mol. The van der Waals surface area contributed by atoms with Crippen LogP contribution in [0.2, 0.25) is 0 Å². The van der Waals surface area contributed by atoms with E-state index in [4.69, 9.17) is 0 Å². The van der Waals surface area contributed by atoms with Crippen molar-refractivity contribution in [3.05, 3.63) is 40.9 Å². The second-order valence-electron chi connectivity index (χ2n) is 3.80. The van der Waals surface area contributed by atoms with Crippen molar-refractivity contribution in [2.45, 2.75) is 0 Å². The van der Waals surface area contributed by atoms with Gasteiger partial charge in [-0.05, 0) is 30.3 Å². The van der Waals surface area contributed by atoms with Gasteiger partial charge in [0.1, 0.15) is 16.5 Å². The topological polar surface area (TPSA) is 53.4 Å². The molecule has 1 heterocycles. The summed E-state index contributed by atoms with van der Waals surface area (Å²) in [7, 11) is 0. The van der Waals surface area contributed by atoms with Crippen molar-refractivity contribution in [2.75, 3.05) is 0 Å². The predicted octanol–water partition coefficient (Wildman–Crippen LogP) is 4.14. The zero-order valence-corrected chi connectivity index (χ0v) is 11.5. The molecule has 0 radical (unpaired) electrons. The van der Waals surface area contributed by atoms with Crippen molar-refractivity contribution in [3.8, 4) is 22.1 Å². The second-order valence-corrected chi connectivity index (χ2v) is 5.75.